The number of pyridine rings is 1. The minimum absolute atomic E-state index is 0.123. The number of carbonyl (C=O) groups is 1. The molecule has 1 amide bonds. The molecule has 26 heavy (non-hydrogen) atoms. The number of hydrogen-bond donors (Lipinski definition) is 1. The summed E-state index contributed by atoms with van der Waals surface area (Å²) in [5, 5.41) is 9.43. The van der Waals surface area contributed by atoms with Gasteiger partial charge in [-0.3, -0.25) is 9.20 Å². The number of likely N-dealkylation sites (tertiary alicyclic amines) is 1. The molecule has 0 unspecified atom stereocenters. The number of rotatable bonds is 2. The Kier molecular flexibility index (Phi) is 3.14. The van der Waals surface area contributed by atoms with Gasteiger partial charge >= 0.3 is 0 Å². The number of aryl methyl sites for hydroxylation is 1. The highest BCUT2D eigenvalue weighted by Gasteiger charge is 2.31. The number of fused-ring (bicyclic) bond motifs is 2. The number of aliphatic hydroxyl groups is 1. The van der Waals surface area contributed by atoms with Gasteiger partial charge in [0.2, 0.25) is 0 Å². The minimum Gasteiger partial charge on any atom is -0.441 e. The third kappa shape index (κ3) is 2.28. The highest BCUT2D eigenvalue weighted by Crippen LogP contribution is 2.26. The van der Waals surface area contributed by atoms with Crippen LogP contribution >= 0.6 is 0 Å². The van der Waals surface area contributed by atoms with E-state index in [2.05, 4.69) is 9.97 Å². The van der Waals surface area contributed by atoms with Crippen molar-refractivity contribution in [2.75, 3.05) is 13.1 Å². The molecule has 1 aliphatic rings. The molecular formula is C19H16N4O3. The van der Waals surface area contributed by atoms with Crippen LogP contribution in [0.4, 0.5) is 0 Å². The molecule has 7 nitrogen and oxygen atoms in total. The first-order chi connectivity index (χ1) is 12.6. The van der Waals surface area contributed by atoms with Gasteiger partial charge in [0, 0.05) is 26.2 Å². The minimum atomic E-state index is -0.425. The van der Waals surface area contributed by atoms with Crippen LogP contribution in [0.15, 0.2) is 47.1 Å². The lowest BCUT2D eigenvalue weighted by Crippen LogP contribution is -2.53. The quantitative estimate of drug-likeness (QED) is 0.601. The number of benzene rings is 1. The number of imidazole rings is 1. The molecule has 1 fully saturated rings. The largest absolute Gasteiger partial charge is 0.441 e. The van der Waals surface area contributed by atoms with Crippen molar-refractivity contribution in [2.24, 2.45) is 0 Å². The Morgan fingerprint density at radius 1 is 1.23 bits per heavy atom. The van der Waals surface area contributed by atoms with Crippen LogP contribution in [-0.4, -0.2) is 49.5 Å². The fourth-order valence-corrected chi connectivity index (χ4v) is 3.31. The Morgan fingerprint density at radius 2 is 2.04 bits per heavy atom. The predicted molar refractivity (Wildman–Crippen MR) is 94.8 cm³/mol. The number of aliphatic hydroxyl groups excluding tert-OH is 1. The Labute approximate surface area is 148 Å². The zero-order valence-corrected chi connectivity index (χ0v) is 14.1. The summed E-state index contributed by atoms with van der Waals surface area (Å²) >= 11 is 0. The maximum atomic E-state index is 12.6. The van der Waals surface area contributed by atoms with Gasteiger partial charge in [0.25, 0.3) is 5.91 Å². The lowest BCUT2D eigenvalue weighted by molar-refractivity contribution is 0.00543. The normalized spacial score (nSPS) is 14.9. The van der Waals surface area contributed by atoms with Crippen molar-refractivity contribution >= 4 is 22.7 Å². The van der Waals surface area contributed by atoms with Crippen LogP contribution in [0, 0.1) is 6.92 Å². The summed E-state index contributed by atoms with van der Waals surface area (Å²) in [5.74, 6) is 0.509. The summed E-state index contributed by atoms with van der Waals surface area (Å²) in [7, 11) is 0. The molecule has 1 aliphatic heterocycles. The third-order valence-electron chi connectivity index (χ3n) is 4.70. The number of nitrogens with zero attached hydrogens (tertiary/aromatic N) is 4. The molecule has 1 saturated heterocycles. The number of β-amino-alcohol motifs (C(OH)–C–C–N with tert-alkyl or cyclic N) is 1. The van der Waals surface area contributed by atoms with Crippen molar-refractivity contribution in [2.45, 2.75) is 13.0 Å². The molecule has 0 radical (unpaired) electrons. The number of aromatic nitrogens is 3. The van der Waals surface area contributed by atoms with Crippen molar-refractivity contribution in [3.8, 4) is 11.1 Å². The number of oxazole rings is 1. The average molecular weight is 348 g/mol. The molecule has 4 heterocycles. The molecule has 1 N–H and O–H groups in total. The van der Waals surface area contributed by atoms with Crippen molar-refractivity contribution in [1.29, 1.82) is 0 Å². The molecule has 3 aromatic heterocycles. The van der Waals surface area contributed by atoms with Crippen molar-refractivity contribution in [3.05, 3.63) is 54.3 Å². The summed E-state index contributed by atoms with van der Waals surface area (Å²) in [5.41, 5.74) is 4.69. The van der Waals surface area contributed by atoms with E-state index in [4.69, 9.17) is 4.42 Å². The maximum absolute atomic E-state index is 12.6. The van der Waals surface area contributed by atoms with E-state index in [9.17, 15) is 9.90 Å². The fraction of sp³-hybridized carbons (Fsp3) is 0.211. The van der Waals surface area contributed by atoms with Gasteiger partial charge in [0.15, 0.2) is 11.5 Å². The van der Waals surface area contributed by atoms with Crippen LogP contribution in [0.25, 0.3) is 27.9 Å². The predicted octanol–water partition coefficient (Wildman–Crippen LogP) is 2.27. The smallest absolute Gasteiger partial charge is 0.272 e. The second kappa shape index (κ2) is 5.40. The van der Waals surface area contributed by atoms with Crippen LogP contribution in [-0.2, 0) is 0 Å². The summed E-state index contributed by atoms with van der Waals surface area (Å²) in [6, 6.07) is 9.69. The van der Waals surface area contributed by atoms with Crippen LogP contribution in [0.3, 0.4) is 0 Å². The van der Waals surface area contributed by atoms with Crippen LogP contribution in [0.1, 0.15) is 16.4 Å². The standard InChI is InChI=1S/C19H16N4O3/c1-11-21-15-6-12(2-4-17(15)26-11)13-3-5-18-20-7-16(23(18)8-13)19(25)22-9-14(24)10-22/h2-8,14,24H,9-10H2,1H3. The van der Waals surface area contributed by atoms with Crippen LogP contribution < -0.4 is 0 Å². The van der Waals surface area contributed by atoms with Crippen LogP contribution in [0.2, 0.25) is 0 Å². The van der Waals surface area contributed by atoms with E-state index in [1.165, 1.54) is 0 Å². The number of carbonyl (C=O) groups excluding carboxylic acids is 1. The first-order valence-electron chi connectivity index (χ1n) is 8.40. The van der Waals surface area contributed by atoms with Gasteiger partial charge < -0.3 is 14.4 Å². The molecule has 0 aliphatic carbocycles. The topological polar surface area (TPSA) is 83.9 Å². The Morgan fingerprint density at radius 3 is 2.85 bits per heavy atom. The molecule has 5 rings (SSSR count). The van der Waals surface area contributed by atoms with Crippen LogP contribution in [0.5, 0.6) is 0 Å². The highest BCUT2D eigenvalue weighted by molar-refractivity contribution is 5.94. The van der Waals surface area contributed by atoms with Crippen molar-refractivity contribution in [1.82, 2.24) is 19.3 Å². The third-order valence-corrected chi connectivity index (χ3v) is 4.70. The van der Waals surface area contributed by atoms with E-state index in [-0.39, 0.29) is 5.91 Å². The van der Waals surface area contributed by atoms with Gasteiger partial charge in [-0.15, -0.1) is 0 Å². The Bertz CT molecular complexity index is 1150. The van der Waals surface area contributed by atoms with E-state index in [1.807, 2.05) is 43.5 Å². The molecule has 130 valence electrons. The molecule has 0 spiro atoms. The lowest BCUT2D eigenvalue weighted by Gasteiger charge is -2.35. The van der Waals surface area contributed by atoms with E-state index in [0.29, 0.717) is 30.3 Å². The van der Waals surface area contributed by atoms with E-state index < -0.39 is 6.10 Å². The van der Waals surface area contributed by atoms with E-state index >= 15 is 0 Å². The molecule has 0 saturated carbocycles. The van der Waals surface area contributed by atoms with E-state index in [1.54, 1.807) is 15.5 Å². The maximum Gasteiger partial charge on any atom is 0.272 e. The fourth-order valence-electron chi connectivity index (χ4n) is 3.31. The van der Waals surface area contributed by atoms with Gasteiger partial charge in [-0.1, -0.05) is 6.07 Å². The van der Waals surface area contributed by atoms with Gasteiger partial charge in [-0.2, -0.15) is 0 Å². The van der Waals surface area contributed by atoms with Gasteiger partial charge in [0.05, 0.1) is 12.3 Å². The highest BCUT2D eigenvalue weighted by atomic mass is 16.3. The molecule has 4 aromatic rings. The number of amides is 1. The van der Waals surface area contributed by atoms with Crippen molar-refractivity contribution in [3.63, 3.8) is 0 Å². The Hall–Kier alpha value is -3.19. The summed E-state index contributed by atoms with van der Waals surface area (Å²) in [6.07, 6.45) is 3.06. The summed E-state index contributed by atoms with van der Waals surface area (Å²) in [6.45, 7) is 2.56. The van der Waals surface area contributed by atoms with Crippen molar-refractivity contribution < 1.29 is 14.3 Å². The molecule has 0 bridgehead atoms. The molecule has 1 aromatic carbocycles. The SMILES string of the molecule is Cc1nc2cc(-c3ccc4ncc(C(=O)N5CC(O)C5)n4c3)ccc2o1. The van der Waals surface area contributed by atoms with Gasteiger partial charge in [-0.05, 0) is 35.4 Å². The first kappa shape index (κ1) is 15.1. The lowest BCUT2D eigenvalue weighted by atomic mass is 10.1. The molecule has 7 heteroatoms. The second-order valence-corrected chi connectivity index (χ2v) is 6.57. The molecular weight excluding hydrogens is 332 g/mol. The molecule has 0 atom stereocenters. The zero-order valence-electron chi connectivity index (χ0n) is 14.1. The first-order valence-corrected chi connectivity index (χ1v) is 8.40. The summed E-state index contributed by atoms with van der Waals surface area (Å²) in [4.78, 5) is 22.9. The van der Waals surface area contributed by atoms with E-state index in [0.717, 1.165) is 22.2 Å². The van der Waals surface area contributed by atoms with Gasteiger partial charge in [-0.25, -0.2) is 9.97 Å². The Balaban J connectivity index is 1.57. The zero-order chi connectivity index (χ0) is 17.8. The average Bonchev–Trinajstić information content (AvgIpc) is 3.19. The monoisotopic (exact) mass is 348 g/mol. The number of hydrogen-bond acceptors (Lipinski definition) is 5. The van der Waals surface area contributed by atoms with Gasteiger partial charge in [0.1, 0.15) is 16.9 Å². The summed E-state index contributed by atoms with van der Waals surface area (Å²) < 4.78 is 7.32. The second-order valence-electron chi connectivity index (χ2n) is 6.57.